The van der Waals surface area contributed by atoms with E-state index in [9.17, 15) is 10.1 Å². The molecular weight excluding hydrogens is 244 g/mol. The first-order valence-electron chi connectivity index (χ1n) is 6.46. The third-order valence-electron chi connectivity index (χ3n) is 3.73. The molecule has 1 amide bonds. The summed E-state index contributed by atoms with van der Waals surface area (Å²) in [6.45, 7) is 2.67. The maximum atomic E-state index is 12.2. The van der Waals surface area contributed by atoms with Crippen LogP contribution in [0.25, 0.3) is 0 Å². The summed E-state index contributed by atoms with van der Waals surface area (Å²) < 4.78 is 0. The largest absolute Gasteiger partial charge is 0.350 e. The van der Waals surface area contributed by atoms with Crippen molar-refractivity contribution in [2.75, 3.05) is 0 Å². The molecule has 0 bridgehead atoms. The van der Waals surface area contributed by atoms with Crippen LogP contribution in [0.15, 0.2) is 11.4 Å². The maximum absolute atomic E-state index is 12.2. The van der Waals surface area contributed by atoms with Crippen LogP contribution >= 0.6 is 11.3 Å². The van der Waals surface area contributed by atoms with Gasteiger partial charge >= 0.3 is 0 Å². The van der Waals surface area contributed by atoms with Gasteiger partial charge in [0, 0.05) is 4.88 Å². The summed E-state index contributed by atoms with van der Waals surface area (Å²) in [4.78, 5) is 13.4. The van der Waals surface area contributed by atoms with Gasteiger partial charge in [0.25, 0.3) is 0 Å². The summed E-state index contributed by atoms with van der Waals surface area (Å²) in [5.41, 5.74) is 0.529. The van der Waals surface area contributed by atoms with E-state index in [0.29, 0.717) is 19.4 Å². The number of carbonyl (C=O) groups excluding carboxylic acids is 1. The molecule has 2 rings (SSSR count). The minimum absolute atomic E-state index is 0.0852. The molecule has 1 aliphatic rings. The Morgan fingerprint density at radius 3 is 2.89 bits per heavy atom. The topological polar surface area (TPSA) is 52.9 Å². The Bertz CT molecular complexity index is 466. The number of thiophene rings is 1. The summed E-state index contributed by atoms with van der Waals surface area (Å²) in [7, 11) is 0. The Morgan fingerprint density at radius 1 is 1.56 bits per heavy atom. The molecule has 1 heterocycles. The summed E-state index contributed by atoms with van der Waals surface area (Å²) >= 11 is 1.67. The molecule has 0 aliphatic heterocycles. The molecule has 0 aromatic carbocycles. The van der Waals surface area contributed by atoms with Crippen molar-refractivity contribution in [3.63, 3.8) is 0 Å². The van der Waals surface area contributed by atoms with E-state index in [2.05, 4.69) is 29.8 Å². The van der Waals surface area contributed by atoms with Crippen molar-refractivity contribution < 1.29 is 4.79 Å². The van der Waals surface area contributed by atoms with Crippen LogP contribution in [0.4, 0.5) is 0 Å². The van der Waals surface area contributed by atoms with Crippen molar-refractivity contribution in [1.82, 2.24) is 5.32 Å². The Balaban J connectivity index is 1.98. The van der Waals surface area contributed by atoms with Crippen LogP contribution in [0, 0.1) is 16.7 Å². The highest BCUT2D eigenvalue weighted by Gasteiger charge is 2.41. The number of aryl methyl sites for hydroxylation is 1. The van der Waals surface area contributed by atoms with Crippen LogP contribution < -0.4 is 5.32 Å². The second kappa shape index (κ2) is 5.53. The molecule has 1 saturated carbocycles. The standard InChI is InChI=1S/C14H18N2OS/c1-2-11-5-8-18-12(11)9-16-13(17)14(10-15)6-3-4-7-14/h5,8H,2-4,6-7,9H2,1H3,(H,16,17). The van der Waals surface area contributed by atoms with Crippen LogP contribution in [-0.4, -0.2) is 5.91 Å². The molecule has 0 radical (unpaired) electrons. The number of amides is 1. The molecule has 1 N–H and O–H groups in total. The van der Waals surface area contributed by atoms with Gasteiger partial charge < -0.3 is 5.32 Å². The maximum Gasteiger partial charge on any atom is 0.240 e. The molecule has 0 saturated heterocycles. The number of nitrogens with one attached hydrogen (secondary N) is 1. The highest BCUT2D eigenvalue weighted by Crippen LogP contribution is 2.37. The highest BCUT2D eigenvalue weighted by molar-refractivity contribution is 7.10. The van der Waals surface area contributed by atoms with Crippen molar-refractivity contribution in [1.29, 1.82) is 5.26 Å². The van der Waals surface area contributed by atoms with Crippen LogP contribution in [-0.2, 0) is 17.8 Å². The number of nitriles is 1. The lowest BCUT2D eigenvalue weighted by Gasteiger charge is -2.19. The van der Waals surface area contributed by atoms with Crippen LogP contribution in [0.2, 0.25) is 0 Å². The lowest BCUT2D eigenvalue weighted by Crippen LogP contribution is -2.37. The lowest BCUT2D eigenvalue weighted by molar-refractivity contribution is -0.128. The second-order valence-electron chi connectivity index (χ2n) is 4.81. The van der Waals surface area contributed by atoms with E-state index in [-0.39, 0.29) is 5.91 Å². The Morgan fingerprint density at radius 2 is 2.28 bits per heavy atom. The molecule has 1 aromatic heterocycles. The van der Waals surface area contributed by atoms with E-state index >= 15 is 0 Å². The van der Waals surface area contributed by atoms with Gasteiger partial charge in [-0.1, -0.05) is 19.8 Å². The van der Waals surface area contributed by atoms with Crippen molar-refractivity contribution in [2.24, 2.45) is 5.41 Å². The molecule has 1 fully saturated rings. The van der Waals surface area contributed by atoms with Crippen LogP contribution in [0.3, 0.4) is 0 Å². The molecular formula is C14H18N2OS. The van der Waals surface area contributed by atoms with Gasteiger partial charge in [0.15, 0.2) is 0 Å². The van der Waals surface area contributed by atoms with Crippen LogP contribution in [0.1, 0.15) is 43.0 Å². The van der Waals surface area contributed by atoms with Crippen molar-refractivity contribution in [2.45, 2.75) is 45.6 Å². The quantitative estimate of drug-likeness (QED) is 0.906. The molecule has 0 spiro atoms. The molecule has 0 unspecified atom stereocenters. The number of carbonyl (C=O) groups is 1. The third-order valence-corrected chi connectivity index (χ3v) is 4.70. The first kappa shape index (κ1) is 13.1. The predicted octanol–water partition coefficient (Wildman–Crippen LogP) is 3.01. The fourth-order valence-electron chi connectivity index (χ4n) is 2.54. The third kappa shape index (κ3) is 2.41. The zero-order valence-electron chi connectivity index (χ0n) is 10.7. The SMILES string of the molecule is CCc1ccsc1CNC(=O)C1(C#N)CCCC1. The minimum Gasteiger partial charge on any atom is -0.350 e. The number of hydrogen-bond acceptors (Lipinski definition) is 3. The van der Waals surface area contributed by atoms with Gasteiger partial charge in [0.1, 0.15) is 5.41 Å². The van der Waals surface area contributed by atoms with E-state index in [1.54, 1.807) is 11.3 Å². The zero-order valence-corrected chi connectivity index (χ0v) is 11.5. The van der Waals surface area contributed by atoms with Crippen molar-refractivity contribution in [3.05, 3.63) is 21.9 Å². The van der Waals surface area contributed by atoms with Crippen molar-refractivity contribution in [3.8, 4) is 6.07 Å². The van der Waals surface area contributed by atoms with Gasteiger partial charge in [-0.05, 0) is 36.3 Å². The monoisotopic (exact) mass is 262 g/mol. The highest BCUT2D eigenvalue weighted by atomic mass is 32.1. The summed E-state index contributed by atoms with van der Waals surface area (Å²) in [5.74, 6) is -0.0852. The Hall–Kier alpha value is -1.34. The average Bonchev–Trinajstić information content (AvgIpc) is 3.05. The summed E-state index contributed by atoms with van der Waals surface area (Å²) in [6, 6.07) is 4.33. The number of hydrogen-bond donors (Lipinski definition) is 1. The smallest absolute Gasteiger partial charge is 0.240 e. The molecule has 3 nitrogen and oxygen atoms in total. The molecule has 4 heteroatoms. The fraction of sp³-hybridized carbons (Fsp3) is 0.571. The Kier molecular flexibility index (Phi) is 4.03. The van der Waals surface area contributed by atoms with Gasteiger partial charge in [-0.25, -0.2) is 0 Å². The molecule has 1 aromatic rings. The van der Waals surface area contributed by atoms with E-state index in [4.69, 9.17) is 0 Å². The van der Waals surface area contributed by atoms with Crippen LogP contribution in [0.5, 0.6) is 0 Å². The Labute approximate surface area is 112 Å². The second-order valence-corrected chi connectivity index (χ2v) is 5.81. The number of nitrogens with zero attached hydrogens (tertiary/aromatic N) is 1. The summed E-state index contributed by atoms with van der Waals surface area (Å²) in [5, 5.41) is 14.2. The van der Waals surface area contributed by atoms with Gasteiger partial charge in [-0.3, -0.25) is 4.79 Å². The van der Waals surface area contributed by atoms with Crippen molar-refractivity contribution >= 4 is 17.2 Å². The minimum atomic E-state index is -0.760. The molecule has 0 atom stereocenters. The fourth-order valence-corrected chi connectivity index (χ4v) is 3.45. The van der Waals surface area contributed by atoms with Gasteiger partial charge in [-0.15, -0.1) is 11.3 Å². The predicted molar refractivity (Wildman–Crippen MR) is 72.1 cm³/mol. The summed E-state index contributed by atoms with van der Waals surface area (Å²) in [6.07, 6.45) is 4.37. The van der Waals surface area contributed by atoms with E-state index in [0.717, 1.165) is 19.3 Å². The van der Waals surface area contributed by atoms with E-state index < -0.39 is 5.41 Å². The van der Waals surface area contributed by atoms with E-state index in [1.165, 1.54) is 10.4 Å². The average molecular weight is 262 g/mol. The number of rotatable bonds is 4. The molecule has 18 heavy (non-hydrogen) atoms. The van der Waals surface area contributed by atoms with Gasteiger partial charge in [-0.2, -0.15) is 5.26 Å². The molecule has 96 valence electrons. The van der Waals surface area contributed by atoms with E-state index in [1.807, 2.05) is 0 Å². The normalized spacial score (nSPS) is 17.3. The molecule has 1 aliphatic carbocycles. The zero-order chi connectivity index (χ0) is 13.0. The lowest BCUT2D eigenvalue weighted by atomic mass is 9.87. The van der Waals surface area contributed by atoms with Gasteiger partial charge in [0.2, 0.25) is 5.91 Å². The van der Waals surface area contributed by atoms with Gasteiger partial charge in [0.05, 0.1) is 12.6 Å². The first-order valence-corrected chi connectivity index (χ1v) is 7.34. The first-order chi connectivity index (χ1) is 8.72.